The van der Waals surface area contributed by atoms with E-state index in [0.717, 1.165) is 12.8 Å². The lowest BCUT2D eigenvalue weighted by atomic mass is 10.0. The topological polar surface area (TPSA) is 66.4 Å². The summed E-state index contributed by atoms with van der Waals surface area (Å²) in [4.78, 5) is 22.6. The van der Waals surface area contributed by atoms with Crippen LogP contribution in [-0.2, 0) is 9.59 Å². The van der Waals surface area contributed by atoms with E-state index < -0.39 is 12.0 Å². The van der Waals surface area contributed by atoms with Crippen molar-refractivity contribution in [1.29, 1.82) is 0 Å². The highest BCUT2D eigenvalue weighted by Gasteiger charge is 2.20. The van der Waals surface area contributed by atoms with Crippen LogP contribution in [0.15, 0.2) is 0 Å². The number of rotatable bonds is 7. The quantitative estimate of drug-likeness (QED) is 0.701. The Morgan fingerprint density at radius 1 is 1.15 bits per heavy atom. The molecule has 0 saturated heterocycles. The Balaban J connectivity index is 4.09. The fourth-order valence-corrected chi connectivity index (χ4v) is 1.47. The molecule has 0 aliphatic carbocycles. The summed E-state index contributed by atoms with van der Waals surface area (Å²) in [7, 11) is 0. The molecule has 0 rings (SSSR count). The summed E-state index contributed by atoms with van der Waals surface area (Å²) < 4.78 is 0. The van der Waals surface area contributed by atoms with Crippen LogP contribution in [0.3, 0.4) is 0 Å². The van der Waals surface area contributed by atoms with Crippen molar-refractivity contribution >= 4 is 11.9 Å². The van der Waals surface area contributed by atoms with Crippen molar-refractivity contribution in [2.75, 3.05) is 0 Å². The molecule has 0 aliphatic rings. The van der Waals surface area contributed by atoms with Gasteiger partial charge in [0.15, 0.2) is 0 Å². The molecule has 20 heavy (non-hydrogen) atoms. The standard InChI is InChI=1S/C16H23NO3/c1-4-5-6-7-8-9-10-11-15(18)17-14(16(19)20)12-13(2)3/h13-14H,4-5,10-12H2,1-3H3,(H,17,18)(H,19,20). The van der Waals surface area contributed by atoms with Crippen molar-refractivity contribution in [3.8, 4) is 23.7 Å². The third-order valence-electron chi connectivity index (χ3n) is 2.43. The van der Waals surface area contributed by atoms with E-state index in [1.807, 2.05) is 20.8 Å². The van der Waals surface area contributed by atoms with Crippen molar-refractivity contribution in [2.24, 2.45) is 5.92 Å². The van der Waals surface area contributed by atoms with E-state index in [2.05, 4.69) is 29.0 Å². The molecule has 0 aromatic carbocycles. The fraction of sp³-hybridized carbons (Fsp3) is 0.625. The lowest BCUT2D eigenvalue weighted by Crippen LogP contribution is -2.41. The van der Waals surface area contributed by atoms with Crippen LogP contribution in [-0.4, -0.2) is 23.0 Å². The van der Waals surface area contributed by atoms with Gasteiger partial charge in [0, 0.05) is 19.3 Å². The van der Waals surface area contributed by atoms with Crippen LogP contribution in [0.25, 0.3) is 0 Å². The Bertz CT molecular complexity index is 432. The number of nitrogens with one attached hydrogen (secondary N) is 1. The van der Waals surface area contributed by atoms with Crippen LogP contribution in [0, 0.1) is 29.6 Å². The minimum atomic E-state index is -0.997. The van der Waals surface area contributed by atoms with E-state index in [1.54, 1.807) is 0 Å². The average molecular weight is 277 g/mol. The normalized spacial score (nSPS) is 10.8. The monoisotopic (exact) mass is 277 g/mol. The minimum Gasteiger partial charge on any atom is -0.480 e. The smallest absolute Gasteiger partial charge is 0.326 e. The van der Waals surface area contributed by atoms with Crippen LogP contribution in [0.5, 0.6) is 0 Å². The zero-order valence-corrected chi connectivity index (χ0v) is 12.5. The summed E-state index contributed by atoms with van der Waals surface area (Å²) >= 11 is 0. The molecule has 0 bridgehead atoms. The molecule has 1 atom stereocenters. The highest BCUT2D eigenvalue weighted by Crippen LogP contribution is 2.05. The van der Waals surface area contributed by atoms with Crippen LogP contribution >= 0.6 is 0 Å². The Morgan fingerprint density at radius 3 is 2.25 bits per heavy atom. The second-order valence-corrected chi connectivity index (χ2v) is 4.94. The van der Waals surface area contributed by atoms with Crippen LogP contribution < -0.4 is 5.32 Å². The molecule has 4 heteroatoms. The van der Waals surface area contributed by atoms with E-state index in [-0.39, 0.29) is 18.2 Å². The third-order valence-corrected chi connectivity index (χ3v) is 2.43. The van der Waals surface area contributed by atoms with Gasteiger partial charge >= 0.3 is 5.97 Å². The molecule has 1 unspecified atom stereocenters. The number of carboxylic acid groups (broad SMARTS) is 1. The number of aliphatic carboxylic acids is 1. The van der Waals surface area contributed by atoms with E-state index in [0.29, 0.717) is 12.8 Å². The second kappa shape index (κ2) is 10.9. The number of unbranched alkanes of at least 4 members (excludes halogenated alkanes) is 1. The summed E-state index contributed by atoms with van der Waals surface area (Å²) in [5.74, 6) is 9.99. The third kappa shape index (κ3) is 10.0. The second-order valence-electron chi connectivity index (χ2n) is 4.94. The molecule has 0 heterocycles. The summed E-state index contributed by atoms with van der Waals surface area (Å²) in [6.07, 6.45) is 2.84. The molecule has 110 valence electrons. The molecule has 0 saturated carbocycles. The molecule has 4 nitrogen and oxygen atoms in total. The SMILES string of the molecule is CCCC#CC#CCCC(=O)NC(CC(C)C)C(=O)O. The van der Waals surface area contributed by atoms with Crippen molar-refractivity contribution in [3.63, 3.8) is 0 Å². The van der Waals surface area contributed by atoms with E-state index >= 15 is 0 Å². The van der Waals surface area contributed by atoms with Gasteiger partial charge in [-0.2, -0.15) is 0 Å². The lowest BCUT2D eigenvalue weighted by molar-refractivity contribution is -0.142. The molecule has 0 spiro atoms. The van der Waals surface area contributed by atoms with Gasteiger partial charge in [-0.05, 0) is 30.6 Å². The highest BCUT2D eigenvalue weighted by atomic mass is 16.4. The van der Waals surface area contributed by atoms with Gasteiger partial charge in [-0.3, -0.25) is 4.79 Å². The zero-order valence-electron chi connectivity index (χ0n) is 12.5. The molecule has 2 N–H and O–H groups in total. The van der Waals surface area contributed by atoms with Gasteiger partial charge in [-0.25, -0.2) is 4.79 Å². The molecule has 0 aliphatic heterocycles. The number of carbonyl (C=O) groups is 2. The zero-order chi connectivity index (χ0) is 15.4. The fourth-order valence-electron chi connectivity index (χ4n) is 1.47. The first-order valence-corrected chi connectivity index (χ1v) is 6.95. The summed E-state index contributed by atoms with van der Waals surface area (Å²) in [5.41, 5.74) is 0. The number of carbonyl (C=O) groups excluding carboxylic acids is 1. The first-order chi connectivity index (χ1) is 9.47. The van der Waals surface area contributed by atoms with Gasteiger partial charge in [0.25, 0.3) is 0 Å². The molecular weight excluding hydrogens is 254 g/mol. The number of carboxylic acids is 1. The van der Waals surface area contributed by atoms with Crippen molar-refractivity contribution in [3.05, 3.63) is 0 Å². The number of hydrogen-bond acceptors (Lipinski definition) is 2. The molecule has 0 aromatic heterocycles. The molecular formula is C16H23NO3. The van der Waals surface area contributed by atoms with Crippen LogP contribution in [0.2, 0.25) is 0 Å². The predicted molar refractivity (Wildman–Crippen MR) is 78.7 cm³/mol. The lowest BCUT2D eigenvalue weighted by Gasteiger charge is -2.15. The van der Waals surface area contributed by atoms with E-state index in [9.17, 15) is 9.59 Å². The van der Waals surface area contributed by atoms with Gasteiger partial charge in [-0.1, -0.05) is 32.6 Å². The van der Waals surface area contributed by atoms with Crippen molar-refractivity contribution < 1.29 is 14.7 Å². The number of amides is 1. The summed E-state index contributed by atoms with van der Waals surface area (Å²) in [6, 6.07) is -0.820. The molecule has 0 fully saturated rings. The van der Waals surface area contributed by atoms with Gasteiger partial charge in [-0.15, -0.1) is 0 Å². The Kier molecular flexibility index (Phi) is 9.87. The maximum Gasteiger partial charge on any atom is 0.326 e. The molecule has 0 aromatic rings. The number of hydrogen-bond donors (Lipinski definition) is 2. The van der Waals surface area contributed by atoms with Gasteiger partial charge in [0.1, 0.15) is 6.04 Å². The van der Waals surface area contributed by atoms with Crippen molar-refractivity contribution in [2.45, 2.75) is 58.9 Å². The minimum absolute atomic E-state index is 0.199. The maximum atomic E-state index is 11.6. The van der Waals surface area contributed by atoms with Gasteiger partial charge in [0.05, 0.1) is 0 Å². The van der Waals surface area contributed by atoms with E-state index in [1.165, 1.54) is 0 Å². The highest BCUT2D eigenvalue weighted by molar-refractivity contribution is 5.83. The van der Waals surface area contributed by atoms with Gasteiger partial charge < -0.3 is 10.4 Å². The first-order valence-electron chi connectivity index (χ1n) is 6.95. The Morgan fingerprint density at radius 2 is 1.75 bits per heavy atom. The van der Waals surface area contributed by atoms with Gasteiger partial charge in [0.2, 0.25) is 5.91 Å². The van der Waals surface area contributed by atoms with Crippen LogP contribution in [0.4, 0.5) is 0 Å². The van der Waals surface area contributed by atoms with Crippen molar-refractivity contribution in [1.82, 2.24) is 5.32 Å². The Hall–Kier alpha value is -1.94. The maximum absolute atomic E-state index is 11.6. The molecule has 0 radical (unpaired) electrons. The molecule has 1 amide bonds. The summed E-state index contributed by atoms with van der Waals surface area (Å²) in [6.45, 7) is 5.88. The average Bonchev–Trinajstić information content (AvgIpc) is 2.36. The Labute approximate surface area is 121 Å². The van der Waals surface area contributed by atoms with Crippen LogP contribution in [0.1, 0.15) is 52.9 Å². The van der Waals surface area contributed by atoms with E-state index in [4.69, 9.17) is 5.11 Å². The summed E-state index contributed by atoms with van der Waals surface area (Å²) in [5, 5.41) is 11.5. The first kappa shape index (κ1) is 18.1. The largest absolute Gasteiger partial charge is 0.480 e. The predicted octanol–water partition coefficient (Wildman–Crippen LogP) is 2.19.